The summed E-state index contributed by atoms with van der Waals surface area (Å²) < 4.78 is 0. The van der Waals surface area contributed by atoms with Crippen LogP contribution in [0.3, 0.4) is 0 Å². The lowest BCUT2D eigenvalue weighted by atomic mass is 9.96. The van der Waals surface area contributed by atoms with Gasteiger partial charge >= 0.3 is 0 Å². The van der Waals surface area contributed by atoms with E-state index in [1.54, 1.807) is 0 Å². The molecule has 1 unspecified atom stereocenters. The zero-order chi connectivity index (χ0) is 12.8. The predicted octanol–water partition coefficient (Wildman–Crippen LogP) is 4.99. The van der Waals surface area contributed by atoms with Crippen molar-refractivity contribution >= 4 is 21.6 Å². The van der Waals surface area contributed by atoms with Crippen molar-refractivity contribution in [1.29, 1.82) is 0 Å². The van der Waals surface area contributed by atoms with E-state index in [9.17, 15) is 0 Å². The Bertz CT molecular complexity index is 364. The molecule has 1 fully saturated rings. The van der Waals surface area contributed by atoms with E-state index in [4.69, 9.17) is 0 Å². The van der Waals surface area contributed by atoms with Crippen molar-refractivity contribution in [3.05, 3.63) is 29.8 Å². The van der Waals surface area contributed by atoms with Gasteiger partial charge in [0.05, 0.1) is 0 Å². The fraction of sp³-hybridized carbons (Fsp3) is 0.625. The molecular formula is C16H24BrN. The van der Waals surface area contributed by atoms with Crippen LogP contribution in [0.4, 0.5) is 5.69 Å². The van der Waals surface area contributed by atoms with Gasteiger partial charge in [-0.3, -0.25) is 0 Å². The molecule has 0 aliphatic carbocycles. The Morgan fingerprint density at radius 1 is 1.22 bits per heavy atom. The second-order valence-electron chi connectivity index (χ2n) is 5.33. The molecule has 18 heavy (non-hydrogen) atoms. The van der Waals surface area contributed by atoms with Gasteiger partial charge in [-0.15, -0.1) is 0 Å². The number of rotatable bonds is 4. The molecule has 0 N–H and O–H groups in total. The summed E-state index contributed by atoms with van der Waals surface area (Å²) in [6, 6.07) is 8.81. The van der Waals surface area contributed by atoms with Crippen molar-refractivity contribution in [2.75, 3.05) is 18.0 Å². The lowest BCUT2D eigenvalue weighted by Gasteiger charge is -2.25. The van der Waals surface area contributed by atoms with Crippen LogP contribution in [0.5, 0.6) is 0 Å². The first-order valence-electron chi connectivity index (χ1n) is 7.24. The zero-order valence-electron chi connectivity index (χ0n) is 11.4. The summed E-state index contributed by atoms with van der Waals surface area (Å²) in [4.78, 5) is 2.59. The number of hydrogen-bond donors (Lipinski definition) is 0. The number of anilines is 1. The van der Waals surface area contributed by atoms with E-state index in [0.29, 0.717) is 0 Å². The Kier molecular flexibility index (Phi) is 5.55. The number of para-hydroxylation sites is 1. The third kappa shape index (κ3) is 3.50. The molecule has 1 heterocycles. The van der Waals surface area contributed by atoms with Crippen LogP contribution in [0.1, 0.15) is 44.6 Å². The van der Waals surface area contributed by atoms with Crippen molar-refractivity contribution < 1.29 is 0 Å². The molecule has 0 saturated carbocycles. The maximum atomic E-state index is 3.60. The molecule has 0 radical (unpaired) electrons. The molecule has 0 amide bonds. The average Bonchev–Trinajstić information content (AvgIpc) is 2.65. The molecule has 0 aromatic heterocycles. The number of halogens is 1. The van der Waals surface area contributed by atoms with Crippen molar-refractivity contribution in [1.82, 2.24) is 0 Å². The molecule has 2 heteroatoms. The van der Waals surface area contributed by atoms with Crippen LogP contribution in [0.2, 0.25) is 0 Å². The molecule has 1 aliphatic heterocycles. The molecule has 1 aliphatic rings. The van der Waals surface area contributed by atoms with Gasteiger partial charge in [0.25, 0.3) is 0 Å². The number of benzene rings is 1. The van der Waals surface area contributed by atoms with Gasteiger partial charge in [0.1, 0.15) is 0 Å². The maximum absolute atomic E-state index is 3.60. The first kappa shape index (κ1) is 13.9. The minimum Gasteiger partial charge on any atom is -0.371 e. The SMILES string of the molecule is CCCC1CCCN(c2ccccc2CBr)CC1. The Morgan fingerprint density at radius 3 is 2.83 bits per heavy atom. The van der Waals surface area contributed by atoms with Crippen LogP contribution in [-0.2, 0) is 5.33 Å². The Labute approximate surface area is 120 Å². The third-order valence-corrected chi connectivity index (χ3v) is 4.62. The molecular weight excluding hydrogens is 286 g/mol. The number of hydrogen-bond acceptors (Lipinski definition) is 1. The molecule has 100 valence electrons. The summed E-state index contributed by atoms with van der Waals surface area (Å²) >= 11 is 3.60. The molecule has 1 saturated heterocycles. The van der Waals surface area contributed by atoms with Crippen molar-refractivity contribution in [3.8, 4) is 0 Å². The van der Waals surface area contributed by atoms with E-state index in [0.717, 1.165) is 11.2 Å². The van der Waals surface area contributed by atoms with E-state index < -0.39 is 0 Å². The highest BCUT2D eigenvalue weighted by Gasteiger charge is 2.17. The second kappa shape index (κ2) is 7.18. The Hall–Kier alpha value is -0.500. The monoisotopic (exact) mass is 309 g/mol. The predicted molar refractivity (Wildman–Crippen MR) is 83.5 cm³/mol. The highest BCUT2D eigenvalue weighted by atomic mass is 79.9. The second-order valence-corrected chi connectivity index (χ2v) is 5.90. The summed E-state index contributed by atoms with van der Waals surface area (Å²) in [5.41, 5.74) is 2.86. The molecule has 1 atom stereocenters. The molecule has 0 spiro atoms. The van der Waals surface area contributed by atoms with Gasteiger partial charge in [-0.05, 0) is 36.8 Å². The summed E-state index contributed by atoms with van der Waals surface area (Å²) in [7, 11) is 0. The van der Waals surface area contributed by atoms with Gasteiger partial charge in [0.15, 0.2) is 0 Å². The van der Waals surface area contributed by atoms with Gasteiger partial charge in [0.2, 0.25) is 0 Å². The van der Waals surface area contributed by atoms with E-state index in [1.807, 2.05) is 0 Å². The van der Waals surface area contributed by atoms with E-state index in [2.05, 4.69) is 52.0 Å². The van der Waals surface area contributed by atoms with E-state index in [-0.39, 0.29) is 0 Å². The van der Waals surface area contributed by atoms with Crippen molar-refractivity contribution in [2.45, 2.75) is 44.4 Å². The summed E-state index contributed by atoms with van der Waals surface area (Å²) in [5, 5.41) is 0.956. The largest absolute Gasteiger partial charge is 0.371 e. The minimum absolute atomic E-state index is 0.955. The smallest absolute Gasteiger partial charge is 0.0407 e. The molecule has 1 aromatic carbocycles. The van der Waals surface area contributed by atoms with Crippen LogP contribution in [-0.4, -0.2) is 13.1 Å². The first-order valence-corrected chi connectivity index (χ1v) is 8.36. The van der Waals surface area contributed by atoms with Crippen LogP contribution >= 0.6 is 15.9 Å². The molecule has 1 nitrogen and oxygen atoms in total. The topological polar surface area (TPSA) is 3.24 Å². The Morgan fingerprint density at radius 2 is 2.06 bits per heavy atom. The quantitative estimate of drug-likeness (QED) is 0.708. The zero-order valence-corrected chi connectivity index (χ0v) is 13.0. The summed E-state index contributed by atoms with van der Waals surface area (Å²) in [6.07, 6.45) is 6.88. The normalized spacial score (nSPS) is 20.8. The standard InChI is InChI=1S/C16H24BrN/c1-2-6-14-7-5-11-18(12-10-14)16-9-4-3-8-15(16)13-17/h3-4,8-9,14H,2,5-7,10-13H2,1H3. The Balaban J connectivity index is 2.05. The average molecular weight is 310 g/mol. The van der Waals surface area contributed by atoms with Crippen molar-refractivity contribution in [3.63, 3.8) is 0 Å². The first-order chi connectivity index (χ1) is 8.85. The van der Waals surface area contributed by atoms with E-state index in [1.165, 1.54) is 56.4 Å². The number of nitrogens with zero attached hydrogens (tertiary/aromatic N) is 1. The van der Waals surface area contributed by atoms with Crippen LogP contribution in [0.15, 0.2) is 24.3 Å². The third-order valence-electron chi connectivity index (χ3n) is 4.02. The summed E-state index contributed by atoms with van der Waals surface area (Å²) in [6.45, 7) is 4.77. The van der Waals surface area contributed by atoms with Gasteiger partial charge in [-0.2, -0.15) is 0 Å². The molecule has 0 bridgehead atoms. The molecule has 2 rings (SSSR count). The lowest BCUT2D eigenvalue weighted by molar-refractivity contribution is 0.435. The van der Waals surface area contributed by atoms with Gasteiger partial charge in [0, 0.05) is 24.1 Å². The fourth-order valence-electron chi connectivity index (χ4n) is 3.04. The minimum atomic E-state index is 0.955. The van der Waals surface area contributed by atoms with Gasteiger partial charge in [-0.1, -0.05) is 53.9 Å². The van der Waals surface area contributed by atoms with Crippen LogP contribution in [0, 0.1) is 5.92 Å². The lowest BCUT2D eigenvalue weighted by Crippen LogP contribution is -2.25. The maximum Gasteiger partial charge on any atom is 0.0407 e. The number of alkyl halides is 1. The van der Waals surface area contributed by atoms with Gasteiger partial charge < -0.3 is 4.90 Å². The van der Waals surface area contributed by atoms with E-state index >= 15 is 0 Å². The van der Waals surface area contributed by atoms with Gasteiger partial charge in [-0.25, -0.2) is 0 Å². The highest BCUT2D eigenvalue weighted by Crippen LogP contribution is 2.28. The van der Waals surface area contributed by atoms with Crippen LogP contribution in [0.25, 0.3) is 0 Å². The molecule has 1 aromatic rings. The summed E-state index contributed by atoms with van der Waals surface area (Å²) in [5.74, 6) is 0.955. The fourth-order valence-corrected chi connectivity index (χ4v) is 3.51. The van der Waals surface area contributed by atoms with Crippen LogP contribution < -0.4 is 4.90 Å². The van der Waals surface area contributed by atoms with Crippen molar-refractivity contribution in [2.24, 2.45) is 5.92 Å². The highest BCUT2D eigenvalue weighted by molar-refractivity contribution is 9.08.